The molecular weight excluding hydrogens is 332 g/mol. The molecule has 0 spiro atoms. The van der Waals surface area contributed by atoms with Crippen molar-refractivity contribution in [3.05, 3.63) is 47.1 Å². The first-order valence-electron chi connectivity index (χ1n) is 5.71. The molecule has 1 heterocycles. The van der Waals surface area contributed by atoms with Crippen molar-refractivity contribution in [3.63, 3.8) is 0 Å². The van der Waals surface area contributed by atoms with E-state index in [1.54, 1.807) is 18.2 Å². The molecule has 1 aromatic carbocycles. The van der Waals surface area contributed by atoms with Gasteiger partial charge in [0, 0.05) is 17.3 Å². The van der Waals surface area contributed by atoms with Crippen LogP contribution in [0.3, 0.4) is 0 Å². The Labute approximate surface area is 131 Å². The number of halogens is 1. The van der Waals surface area contributed by atoms with E-state index in [1.807, 2.05) is 0 Å². The number of carbonyl (C=O) groups excluding carboxylic acids is 1. The van der Waals surface area contributed by atoms with Gasteiger partial charge >= 0.3 is 0 Å². The summed E-state index contributed by atoms with van der Waals surface area (Å²) in [5.74, 6) is -0.627. The number of nitrogens with zero attached hydrogens (tertiary/aromatic N) is 1. The van der Waals surface area contributed by atoms with Crippen molar-refractivity contribution in [1.29, 1.82) is 0 Å². The van der Waals surface area contributed by atoms with Crippen LogP contribution in [-0.4, -0.2) is 25.6 Å². The molecule has 110 valence electrons. The second kappa shape index (κ2) is 6.05. The third-order valence-corrected chi connectivity index (χ3v) is 5.33. The van der Waals surface area contributed by atoms with Crippen LogP contribution in [-0.2, 0) is 9.84 Å². The molecule has 21 heavy (non-hydrogen) atoms. The van der Waals surface area contributed by atoms with Crippen molar-refractivity contribution in [2.75, 3.05) is 6.26 Å². The minimum absolute atomic E-state index is 0.195. The zero-order valence-corrected chi connectivity index (χ0v) is 13.3. The molecule has 0 aliphatic heterocycles. The molecule has 5 nitrogen and oxygen atoms in total. The maximum Gasteiger partial charge on any atom is 0.250 e. The number of rotatable bonds is 4. The number of primary amides is 1. The number of carbonyl (C=O) groups is 1. The molecule has 0 aliphatic carbocycles. The lowest BCUT2D eigenvalue weighted by molar-refractivity contribution is 0.1000. The van der Waals surface area contributed by atoms with E-state index in [4.69, 9.17) is 17.3 Å². The SMILES string of the molecule is CS(=O)(=O)c1ccccc1Sc1ncc(C(N)=O)cc1Cl. The first kappa shape index (κ1) is 15.8. The van der Waals surface area contributed by atoms with E-state index >= 15 is 0 Å². The van der Waals surface area contributed by atoms with E-state index in [9.17, 15) is 13.2 Å². The first-order valence-corrected chi connectivity index (χ1v) is 8.80. The number of nitrogens with two attached hydrogens (primary N) is 1. The highest BCUT2D eigenvalue weighted by Gasteiger charge is 2.16. The van der Waals surface area contributed by atoms with Crippen LogP contribution in [0.5, 0.6) is 0 Å². The normalized spacial score (nSPS) is 11.3. The third kappa shape index (κ3) is 3.75. The smallest absolute Gasteiger partial charge is 0.250 e. The Morgan fingerprint density at radius 1 is 1.33 bits per heavy atom. The molecule has 8 heteroatoms. The van der Waals surface area contributed by atoms with Gasteiger partial charge in [-0.15, -0.1) is 0 Å². The van der Waals surface area contributed by atoms with Gasteiger partial charge in [0.2, 0.25) is 5.91 Å². The summed E-state index contributed by atoms with van der Waals surface area (Å²) < 4.78 is 23.5. The van der Waals surface area contributed by atoms with Gasteiger partial charge in [-0.2, -0.15) is 0 Å². The second-order valence-corrected chi connectivity index (χ2v) is 7.62. The first-order chi connectivity index (χ1) is 9.79. The molecule has 0 saturated carbocycles. The van der Waals surface area contributed by atoms with Crippen molar-refractivity contribution in [2.24, 2.45) is 5.73 Å². The topological polar surface area (TPSA) is 90.1 Å². The molecule has 0 bridgehead atoms. The van der Waals surface area contributed by atoms with Gasteiger partial charge in [-0.1, -0.05) is 35.5 Å². The summed E-state index contributed by atoms with van der Waals surface area (Å²) in [6.07, 6.45) is 2.44. The molecule has 2 rings (SSSR count). The average molecular weight is 343 g/mol. The summed E-state index contributed by atoms with van der Waals surface area (Å²) in [7, 11) is -3.35. The van der Waals surface area contributed by atoms with Crippen molar-refractivity contribution < 1.29 is 13.2 Å². The molecule has 0 unspecified atom stereocenters. The highest BCUT2D eigenvalue weighted by Crippen LogP contribution is 2.35. The summed E-state index contributed by atoms with van der Waals surface area (Å²) in [5, 5.41) is 0.636. The Morgan fingerprint density at radius 3 is 2.57 bits per heavy atom. The minimum Gasteiger partial charge on any atom is -0.366 e. The number of hydrogen-bond donors (Lipinski definition) is 1. The molecule has 0 aliphatic rings. The maximum absolute atomic E-state index is 11.7. The lowest BCUT2D eigenvalue weighted by atomic mass is 10.3. The van der Waals surface area contributed by atoms with Crippen molar-refractivity contribution in [3.8, 4) is 0 Å². The van der Waals surface area contributed by atoms with Crippen LogP contribution in [0, 0.1) is 0 Å². The van der Waals surface area contributed by atoms with E-state index in [-0.39, 0.29) is 15.5 Å². The van der Waals surface area contributed by atoms with Crippen molar-refractivity contribution in [2.45, 2.75) is 14.8 Å². The summed E-state index contributed by atoms with van der Waals surface area (Å²) >= 11 is 7.16. The fraction of sp³-hybridized carbons (Fsp3) is 0.0769. The predicted molar refractivity (Wildman–Crippen MR) is 81.4 cm³/mol. The Kier molecular flexibility index (Phi) is 4.55. The molecular formula is C13H11ClN2O3S2. The van der Waals surface area contributed by atoms with Crippen molar-refractivity contribution >= 4 is 39.1 Å². The van der Waals surface area contributed by atoms with Gasteiger partial charge in [-0.3, -0.25) is 4.79 Å². The molecule has 0 fully saturated rings. The Morgan fingerprint density at radius 2 is 2.00 bits per heavy atom. The molecule has 0 radical (unpaired) electrons. The van der Waals surface area contributed by atoms with Crippen LogP contribution in [0.2, 0.25) is 5.02 Å². The third-order valence-electron chi connectivity index (χ3n) is 2.55. The average Bonchev–Trinajstić information content (AvgIpc) is 2.40. The molecule has 1 amide bonds. The fourth-order valence-corrected chi connectivity index (χ4v) is 3.99. The number of benzene rings is 1. The molecule has 0 atom stereocenters. The summed E-state index contributed by atoms with van der Waals surface area (Å²) in [5.41, 5.74) is 5.34. The van der Waals surface area contributed by atoms with Gasteiger partial charge in [-0.25, -0.2) is 13.4 Å². The van der Waals surface area contributed by atoms with E-state index < -0.39 is 15.7 Å². The molecule has 1 aromatic heterocycles. The van der Waals surface area contributed by atoms with Crippen LogP contribution in [0.1, 0.15) is 10.4 Å². The largest absolute Gasteiger partial charge is 0.366 e. The van der Waals surface area contributed by atoms with Crippen LogP contribution >= 0.6 is 23.4 Å². The van der Waals surface area contributed by atoms with Gasteiger partial charge in [0.15, 0.2) is 9.84 Å². The Balaban J connectivity index is 2.42. The highest BCUT2D eigenvalue weighted by atomic mass is 35.5. The molecule has 2 aromatic rings. The van der Waals surface area contributed by atoms with E-state index in [1.165, 1.54) is 18.3 Å². The van der Waals surface area contributed by atoms with Crippen LogP contribution in [0.4, 0.5) is 0 Å². The van der Waals surface area contributed by atoms with Gasteiger partial charge in [0.25, 0.3) is 0 Å². The standard InChI is InChI=1S/C13H11ClN2O3S2/c1-21(18,19)11-5-3-2-4-10(11)20-13-9(14)6-8(7-16-13)12(15)17/h2-7H,1H3,(H2,15,17). The number of hydrogen-bond acceptors (Lipinski definition) is 5. The predicted octanol–water partition coefficient (Wildman–Crippen LogP) is 2.39. The number of aromatic nitrogens is 1. The van der Waals surface area contributed by atoms with Gasteiger partial charge in [0.1, 0.15) is 5.03 Å². The number of amides is 1. The lowest BCUT2D eigenvalue weighted by Gasteiger charge is -2.08. The molecule has 2 N–H and O–H groups in total. The monoisotopic (exact) mass is 342 g/mol. The second-order valence-electron chi connectivity index (χ2n) is 4.20. The van der Waals surface area contributed by atoms with E-state index in [0.717, 1.165) is 18.0 Å². The lowest BCUT2D eigenvalue weighted by Crippen LogP contribution is -2.11. The van der Waals surface area contributed by atoms with Crippen LogP contribution in [0.15, 0.2) is 51.3 Å². The maximum atomic E-state index is 11.7. The van der Waals surface area contributed by atoms with Crippen LogP contribution in [0.25, 0.3) is 0 Å². The van der Waals surface area contributed by atoms with E-state index in [2.05, 4.69) is 4.98 Å². The van der Waals surface area contributed by atoms with Gasteiger partial charge in [0.05, 0.1) is 15.5 Å². The summed E-state index contributed by atoms with van der Waals surface area (Å²) in [6, 6.07) is 7.96. The minimum atomic E-state index is -3.35. The summed E-state index contributed by atoms with van der Waals surface area (Å²) in [4.78, 5) is 15.8. The number of sulfone groups is 1. The van der Waals surface area contributed by atoms with Crippen LogP contribution < -0.4 is 5.73 Å². The van der Waals surface area contributed by atoms with Crippen molar-refractivity contribution in [1.82, 2.24) is 4.98 Å². The quantitative estimate of drug-likeness (QED) is 0.921. The highest BCUT2D eigenvalue weighted by molar-refractivity contribution is 8.00. The zero-order valence-electron chi connectivity index (χ0n) is 10.9. The zero-order chi connectivity index (χ0) is 15.6. The number of pyridine rings is 1. The Bertz CT molecular complexity index is 807. The molecule has 0 saturated heterocycles. The fourth-order valence-electron chi connectivity index (χ4n) is 1.58. The summed E-state index contributed by atoms with van der Waals surface area (Å²) in [6.45, 7) is 0. The van der Waals surface area contributed by atoms with Gasteiger partial charge < -0.3 is 5.73 Å². The van der Waals surface area contributed by atoms with Gasteiger partial charge in [-0.05, 0) is 18.2 Å². The Hall–Kier alpha value is -1.57. The van der Waals surface area contributed by atoms with E-state index in [0.29, 0.717) is 9.92 Å².